The first kappa shape index (κ1) is 12.4. The Morgan fingerprint density at radius 1 is 1.29 bits per heavy atom. The van der Waals surface area contributed by atoms with Crippen molar-refractivity contribution in [3.05, 3.63) is 0 Å². The van der Waals surface area contributed by atoms with Gasteiger partial charge in [-0.15, -0.1) is 0 Å². The normalized spacial score (nSPS) is 29.1. The molecule has 2 fully saturated rings. The lowest BCUT2D eigenvalue weighted by atomic mass is 9.97. The van der Waals surface area contributed by atoms with Gasteiger partial charge in [0.05, 0.1) is 0 Å². The number of rotatable bonds is 2. The number of hydrogen-bond donors (Lipinski definition) is 1. The van der Waals surface area contributed by atoms with Crippen molar-refractivity contribution in [2.75, 3.05) is 6.54 Å². The fourth-order valence-electron chi connectivity index (χ4n) is 3.05. The monoisotopic (exact) mass is 238 g/mol. The zero-order valence-electron chi connectivity index (χ0n) is 10.7. The van der Waals surface area contributed by atoms with Crippen molar-refractivity contribution in [1.82, 2.24) is 10.2 Å². The number of hydrogen-bond acceptors (Lipinski definition) is 2. The van der Waals surface area contributed by atoms with E-state index in [1.165, 1.54) is 25.7 Å². The molecule has 1 aliphatic carbocycles. The Kier molecular flexibility index (Phi) is 3.69. The highest BCUT2D eigenvalue weighted by Gasteiger charge is 2.33. The van der Waals surface area contributed by atoms with Crippen LogP contribution in [0.25, 0.3) is 0 Å². The fourth-order valence-corrected chi connectivity index (χ4v) is 3.05. The van der Waals surface area contributed by atoms with Crippen LogP contribution in [0.3, 0.4) is 0 Å². The van der Waals surface area contributed by atoms with E-state index in [4.69, 9.17) is 0 Å². The van der Waals surface area contributed by atoms with Gasteiger partial charge in [0.1, 0.15) is 6.04 Å². The minimum absolute atomic E-state index is 0.00743. The minimum Gasteiger partial charge on any atom is -0.345 e. The third-order valence-corrected chi connectivity index (χ3v) is 4.18. The molecule has 1 aliphatic heterocycles. The summed E-state index contributed by atoms with van der Waals surface area (Å²) in [5.41, 5.74) is 0. The summed E-state index contributed by atoms with van der Waals surface area (Å²) in [6.07, 6.45) is 5.45. The van der Waals surface area contributed by atoms with Gasteiger partial charge in [0.25, 0.3) is 0 Å². The first-order chi connectivity index (χ1) is 8.09. The molecular formula is C13H22N2O2. The minimum atomic E-state index is -0.367. The van der Waals surface area contributed by atoms with E-state index in [9.17, 15) is 9.59 Å². The highest BCUT2D eigenvalue weighted by Crippen LogP contribution is 2.30. The van der Waals surface area contributed by atoms with Crippen LogP contribution in [0.2, 0.25) is 0 Å². The molecule has 0 radical (unpaired) electrons. The Hall–Kier alpha value is -1.06. The zero-order valence-corrected chi connectivity index (χ0v) is 10.7. The van der Waals surface area contributed by atoms with Crippen molar-refractivity contribution in [3.8, 4) is 0 Å². The molecule has 2 unspecified atom stereocenters. The molecule has 1 N–H and O–H groups in total. The maximum atomic E-state index is 12.2. The van der Waals surface area contributed by atoms with Crippen LogP contribution in [-0.4, -0.2) is 35.3 Å². The summed E-state index contributed by atoms with van der Waals surface area (Å²) in [7, 11) is 0. The van der Waals surface area contributed by atoms with Crippen molar-refractivity contribution in [1.29, 1.82) is 0 Å². The number of nitrogens with one attached hydrogen (secondary N) is 1. The quantitative estimate of drug-likeness (QED) is 0.788. The summed E-state index contributed by atoms with van der Waals surface area (Å²) in [5, 5.41) is 2.74. The molecule has 4 heteroatoms. The van der Waals surface area contributed by atoms with E-state index in [1.54, 1.807) is 6.92 Å². The largest absolute Gasteiger partial charge is 0.345 e. The Balaban J connectivity index is 2.06. The lowest BCUT2D eigenvalue weighted by Crippen LogP contribution is -2.48. The predicted molar refractivity (Wildman–Crippen MR) is 65.4 cm³/mol. The summed E-state index contributed by atoms with van der Waals surface area (Å²) in [6, 6.07) is -0.0889. The van der Waals surface area contributed by atoms with Crippen molar-refractivity contribution >= 4 is 11.8 Å². The topological polar surface area (TPSA) is 49.4 Å². The highest BCUT2D eigenvalue weighted by atomic mass is 16.2. The third kappa shape index (κ3) is 2.61. The third-order valence-electron chi connectivity index (χ3n) is 4.18. The van der Waals surface area contributed by atoms with Crippen LogP contribution < -0.4 is 5.32 Å². The summed E-state index contributed by atoms with van der Waals surface area (Å²) in [4.78, 5) is 25.6. The Labute approximate surface area is 103 Å². The van der Waals surface area contributed by atoms with E-state index in [2.05, 4.69) is 12.2 Å². The van der Waals surface area contributed by atoms with Gasteiger partial charge in [-0.05, 0) is 32.6 Å². The van der Waals surface area contributed by atoms with Crippen LogP contribution in [0.15, 0.2) is 0 Å². The number of amides is 2. The molecule has 0 spiro atoms. The predicted octanol–water partition coefficient (Wildman–Crippen LogP) is 1.30. The molecule has 4 nitrogen and oxygen atoms in total. The van der Waals surface area contributed by atoms with Crippen LogP contribution in [0.4, 0.5) is 0 Å². The lowest BCUT2D eigenvalue weighted by Gasteiger charge is -2.33. The molecule has 1 saturated heterocycles. The van der Waals surface area contributed by atoms with Gasteiger partial charge in [-0.2, -0.15) is 0 Å². The van der Waals surface area contributed by atoms with E-state index in [-0.39, 0.29) is 23.9 Å². The van der Waals surface area contributed by atoms with Crippen LogP contribution in [-0.2, 0) is 9.59 Å². The molecule has 17 heavy (non-hydrogen) atoms. The van der Waals surface area contributed by atoms with Gasteiger partial charge in [-0.3, -0.25) is 9.59 Å². The molecule has 0 aromatic heterocycles. The van der Waals surface area contributed by atoms with E-state index in [0.29, 0.717) is 18.9 Å². The zero-order chi connectivity index (χ0) is 12.4. The van der Waals surface area contributed by atoms with E-state index >= 15 is 0 Å². The Morgan fingerprint density at radius 2 is 1.94 bits per heavy atom. The van der Waals surface area contributed by atoms with E-state index in [1.807, 2.05) is 4.90 Å². The van der Waals surface area contributed by atoms with Crippen LogP contribution >= 0.6 is 0 Å². The van der Waals surface area contributed by atoms with Gasteiger partial charge in [0.15, 0.2) is 0 Å². The molecule has 0 bridgehead atoms. The van der Waals surface area contributed by atoms with Gasteiger partial charge < -0.3 is 10.2 Å². The average Bonchev–Trinajstić information content (AvgIpc) is 2.77. The van der Waals surface area contributed by atoms with Gasteiger partial charge in [0, 0.05) is 19.0 Å². The summed E-state index contributed by atoms with van der Waals surface area (Å²) in [5.74, 6) is 0.696. The number of nitrogens with zero attached hydrogens (tertiary/aromatic N) is 1. The summed E-state index contributed by atoms with van der Waals surface area (Å²) < 4.78 is 0. The molecule has 0 aromatic carbocycles. The Bertz CT molecular complexity index is 311. The molecule has 2 rings (SSSR count). The first-order valence-electron chi connectivity index (χ1n) is 6.69. The first-order valence-corrected chi connectivity index (χ1v) is 6.69. The van der Waals surface area contributed by atoms with E-state index in [0.717, 1.165) is 0 Å². The van der Waals surface area contributed by atoms with Crippen LogP contribution in [0.5, 0.6) is 0 Å². The smallest absolute Gasteiger partial charge is 0.245 e. The molecule has 1 heterocycles. The molecule has 2 amide bonds. The van der Waals surface area contributed by atoms with Crippen molar-refractivity contribution in [2.45, 2.75) is 58.0 Å². The van der Waals surface area contributed by atoms with Gasteiger partial charge in [-0.25, -0.2) is 0 Å². The van der Waals surface area contributed by atoms with Crippen molar-refractivity contribution in [3.63, 3.8) is 0 Å². The van der Waals surface area contributed by atoms with Crippen LogP contribution in [0, 0.1) is 5.92 Å². The molecule has 2 aliphatic rings. The maximum absolute atomic E-state index is 12.2. The van der Waals surface area contributed by atoms with Crippen LogP contribution in [0.1, 0.15) is 46.0 Å². The SMILES string of the molecule is CC1NC(=O)CCN(C(C)C2CCCC2)C1=O. The van der Waals surface area contributed by atoms with Gasteiger partial charge in [-0.1, -0.05) is 12.8 Å². The Morgan fingerprint density at radius 3 is 2.59 bits per heavy atom. The number of carbonyl (C=O) groups excluding carboxylic acids is 2. The maximum Gasteiger partial charge on any atom is 0.245 e. The fraction of sp³-hybridized carbons (Fsp3) is 0.846. The second-order valence-corrected chi connectivity index (χ2v) is 5.36. The molecule has 2 atom stereocenters. The van der Waals surface area contributed by atoms with E-state index < -0.39 is 0 Å². The second-order valence-electron chi connectivity index (χ2n) is 5.36. The molecule has 1 saturated carbocycles. The molecule has 0 aromatic rings. The van der Waals surface area contributed by atoms with Gasteiger partial charge in [0.2, 0.25) is 11.8 Å². The van der Waals surface area contributed by atoms with Crippen molar-refractivity contribution < 1.29 is 9.59 Å². The average molecular weight is 238 g/mol. The molecule has 96 valence electrons. The standard InChI is InChI=1S/C13H22N2O2/c1-9-13(17)15(8-7-12(16)14-9)10(2)11-5-3-4-6-11/h9-11H,3-8H2,1-2H3,(H,14,16). The second kappa shape index (κ2) is 5.07. The van der Waals surface area contributed by atoms with Crippen molar-refractivity contribution in [2.24, 2.45) is 5.92 Å². The highest BCUT2D eigenvalue weighted by molar-refractivity contribution is 5.89. The number of carbonyl (C=O) groups is 2. The summed E-state index contributed by atoms with van der Waals surface area (Å²) in [6.45, 7) is 4.49. The summed E-state index contributed by atoms with van der Waals surface area (Å²) >= 11 is 0. The lowest BCUT2D eigenvalue weighted by molar-refractivity contribution is -0.135. The van der Waals surface area contributed by atoms with Gasteiger partial charge >= 0.3 is 0 Å². The molecular weight excluding hydrogens is 216 g/mol.